The minimum Gasteiger partial charge on any atom is -0.481 e. The van der Waals surface area contributed by atoms with Gasteiger partial charge in [0.05, 0.1) is 43.5 Å². The van der Waals surface area contributed by atoms with Crippen molar-refractivity contribution in [3.63, 3.8) is 0 Å². The summed E-state index contributed by atoms with van der Waals surface area (Å²) in [7, 11) is 2.36. The second kappa shape index (κ2) is 7.20. The first-order valence-corrected chi connectivity index (χ1v) is 8.05. The average Bonchev–Trinajstić information content (AvgIpc) is 3.27. The Morgan fingerprint density at radius 1 is 0.926 bits per heavy atom. The standard InChI is InChI=1S/C18H17NO8/c1-25-17(23)8-5-9(18(24)26-2)7-10(6-8)19-15(20)13-11-3-4-12(27-11)14(13)16(21)22/h3-7,11-14H,1-2H3,(H,19,20)(H,21,22)/t11-,12+,13-,14-/m0/s1. The molecule has 0 aliphatic carbocycles. The second-order valence-electron chi connectivity index (χ2n) is 6.11. The minimum atomic E-state index is -1.13. The Morgan fingerprint density at radius 3 is 1.93 bits per heavy atom. The third-order valence-electron chi connectivity index (χ3n) is 4.53. The molecule has 3 rings (SSSR count). The third-order valence-corrected chi connectivity index (χ3v) is 4.53. The van der Waals surface area contributed by atoms with E-state index in [1.54, 1.807) is 12.2 Å². The number of benzene rings is 1. The van der Waals surface area contributed by atoms with Crippen LogP contribution in [0.1, 0.15) is 20.7 Å². The van der Waals surface area contributed by atoms with E-state index < -0.39 is 47.9 Å². The van der Waals surface area contributed by atoms with Gasteiger partial charge in [0.2, 0.25) is 5.91 Å². The van der Waals surface area contributed by atoms with Gasteiger partial charge >= 0.3 is 17.9 Å². The first-order valence-electron chi connectivity index (χ1n) is 8.05. The Kier molecular flexibility index (Phi) is 4.95. The molecule has 0 radical (unpaired) electrons. The van der Waals surface area contributed by atoms with Crippen LogP contribution >= 0.6 is 0 Å². The zero-order valence-corrected chi connectivity index (χ0v) is 14.5. The van der Waals surface area contributed by atoms with E-state index in [1.165, 1.54) is 32.4 Å². The molecular formula is C18H17NO8. The summed E-state index contributed by atoms with van der Waals surface area (Å²) in [5.74, 6) is -5.07. The Bertz CT molecular complexity index is 812. The monoisotopic (exact) mass is 375 g/mol. The van der Waals surface area contributed by atoms with E-state index in [-0.39, 0.29) is 16.8 Å². The van der Waals surface area contributed by atoms with Crippen LogP contribution in [0.4, 0.5) is 5.69 Å². The number of ether oxygens (including phenoxy) is 3. The molecule has 2 aliphatic rings. The predicted molar refractivity (Wildman–Crippen MR) is 90.2 cm³/mol. The van der Waals surface area contributed by atoms with Crippen LogP contribution in [0.3, 0.4) is 0 Å². The number of methoxy groups -OCH3 is 2. The fourth-order valence-corrected chi connectivity index (χ4v) is 3.31. The van der Waals surface area contributed by atoms with Gasteiger partial charge in [0, 0.05) is 5.69 Å². The smallest absolute Gasteiger partial charge is 0.337 e. The molecule has 0 aromatic heterocycles. The minimum absolute atomic E-state index is 0.0366. The predicted octanol–water partition coefficient (Wildman–Crippen LogP) is 0.852. The van der Waals surface area contributed by atoms with Crippen LogP contribution in [-0.2, 0) is 23.8 Å². The molecule has 2 aliphatic heterocycles. The lowest BCUT2D eigenvalue weighted by molar-refractivity contribution is -0.145. The number of carboxylic acid groups (broad SMARTS) is 1. The van der Waals surface area contributed by atoms with Gasteiger partial charge in [-0.1, -0.05) is 12.2 Å². The van der Waals surface area contributed by atoms with Crippen molar-refractivity contribution in [3.05, 3.63) is 41.5 Å². The highest BCUT2D eigenvalue weighted by Crippen LogP contribution is 2.40. The summed E-state index contributed by atoms with van der Waals surface area (Å²) in [6.07, 6.45) is 1.98. The van der Waals surface area contributed by atoms with Crippen LogP contribution in [0, 0.1) is 11.8 Å². The van der Waals surface area contributed by atoms with Crippen LogP contribution in [0.15, 0.2) is 30.4 Å². The van der Waals surface area contributed by atoms with Crippen LogP contribution in [0.5, 0.6) is 0 Å². The van der Waals surface area contributed by atoms with E-state index in [0.717, 1.165) is 0 Å². The molecule has 9 nitrogen and oxygen atoms in total. The van der Waals surface area contributed by atoms with Gasteiger partial charge in [0.1, 0.15) is 5.92 Å². The van der Waals surface area contributed by atoms with Crippen molar-refractivity contribution in [2.75, 3.05) is 19.5 Å². The molecule has 2 heterocycles. The lowest BCUT2D eigenvalue weighted by atomic mass is 9.82. The first-order chi connectivity index (χ1) is 12.8. The van der Waals surface area contributed by atoms with Gasteiger partial charge in [-0.3, -0.25) is 9.59 Å². The highest BCUT2D eigenvalue weighted by Gasteiger charge is 2.53. The maximum absolute atomic E-state index is 12.7. The second-order valence-corrected chi connectivity index (χ2v) is 6.11. The molecular weight excluding hydrogens is 358 g/mol. The Labute approximate surface area is 153 Å². The van der Waals surface area contributed by atoms with Crippen molar-refractivity contribution in [3.8, 4) is 0 Å². The van der Waals surface area contributed by atoms with Crippen molar-refractivity contribution in [2.45, 2.75) is 12.2 Å². The van der Waals surface area contributed by atoms with Crippen LogP contribution in [0.2, 0.25) is 0 Å². The summed E-state index contributed by atoms with van der Waals surface area (Å²) in [5, 5.41) is 12.0. The van der Waals surface area contributed by atoms with Crippen LogP contribution in [0.25, 0.3) is 0 Å². The number of anilines is 1. The molecule has 2 bridgehead atoms. The fraction of sp³-hybridized carbons (Fsp3) is 0.333. The van der Waals surface area contributed by atoms with E-state index in [4.69, 9.17) is 4.74 Å². The largest absolute Gasteiger partial charge is 0.481 e. The van der Waals surface area contributed by atoms with E-state index in [1.807, 2.05) is 0 Å². The van der Waals surface area contributed by atoms with E-state index in [0.29, 0.717) is 0 Å². The normalized spacial score (nSPS) is 25.1. The Balaban J connectivity index is 1.89. The summed E-state index contributed by atoms with van der Waals surface area (Å²) in [6, 6.07) is 3.93. The van der Waals surface area contributed by atoms with Crippen molar-refractivity contribution in [1.82, 2.24) is 0 Å². The van der Waals surface area contributed by atoms with Crippen molar-refractivity contribution < 1.29 is 38.5 Å². The molecule has 142 valence electrons. The number of aliphatic carboxylic acids is 1. The molecule has 1 amide bonds. The molecule has 1 fully saturated rings. The van der Waals surface area contributed by atoms with E-state index >= 15 is 0 Å². The summed E-state index contributed by atoms with van der Waals surface area (Å²) < 4.78 is 14.8. The van der Waals surface area contributed by atoms with Gasteiger partial charge in [-0.25, -0.2) is 9.59 Å². The van der Waals surface area contributed by atoms with E-state index in [9.17, 15) is 24.3 Å². The lowest BCUT2D eigenvalue weighted by Gasteiger charge is -2.21. The van der Waals surface area contributed by atoms with Gasteiger partial charge in [-0.05, 0) is 18.2 Å². The van der Waals surface area contributed by atoms with Gasteiger partial charge < -0.3 is 24.6 Å². The zero-order valence-electron chi connectivity index (χ0n) is 14.5. The van der Waals surface area contributed by atoms with Crippen molar-refractivity contribution in [2.24, 2.45) is 11.8 Å². The molecule has 9 heteroatoms. The number of nitrogens with one attached hydrogen (secondary N) is 1. The third kappa shape index (κ3) is 3.41. The first kappa shape index (κ1) is 18.6. The average molecular weight is 375 g/mol. The summed E-state index contributed by atoms with van der Waals surface area (Å²) >= 11 is 0. The quantitative estimate of drug-likeness (QED) is 0.573. The lowest BCUT2D eigenvalue weighted by Crippen LogP contribution is -2.39. The summed E-state index contributed by atoms with van der Waals surface area (Å²) in [5.41, 5.74) is 0.211. The molecule has 1 aromatic carbocycles. The number of fused-ring (bicyclic) bond motifs is 2. The molecule has 0 saturated carbocycles. The molecule has 1 saturated heterocycles. The topological polar surface area (TPSA) is 128 Å². The molecule has 4 atom stereocenters. The molecule has 2 N–H and O–H groups in total. The number of hydrogen-bond acceptors (Lipinski definition) is 7. The molecule has 1 aromatic rings. The number of amides is 1. The fourth-order valence-electron chi connectivity index (χ4n) is 3.31. The van der Waals surface area contributed by atoms with E-state index in [2.05, 4.69) is 14.8 Å². The number of carboxylic acids is 1. The Hall–Kier alpha value is -3.20. The molecule has 0 unspecified atom stereocenters. The van der Waals surface area contributed by atoms with Gasteiger partial charge in [-0.2, -0.15) is 0 Å². The van der Waals surface area contributed by atoms with Crippen molar-refractivity contribution in [1.29, 1.82) is 0 Å². The maximum atomic E-state index is 12.7. The number of hydrogen-bond donors (Lipinski definition) is 2. The number of carbonyl (C=O) groups is 4. The summed E-state index contributed by atoms with van der Waals surface area (Å²) in [6.45, 7) is 0. The molecule has 27 heavy (non-hydrogen) atoms. The van der Waals surface area contributed by atoms with Crippen LogP contribution in [-0.4, -0.2) is 55.3 Å². The van der Waals surface area contributed by atoms with Gasteiger partial charge in [0.15, 0.2) is 0 Å². The van der Waals surface area contributed by atoms with Gasteiger partial charge in [0.25, 0.3) is 0 Å². The zero-order chi connectivity index (χ0) is 19.7. The highest BCUT2D eigenvalue weighted by atomic mass is 16.5. The number of rotatable bonds is 5. The Morgan fingerprint density at radius 2 is 1.44 bits per heavy atom. The highest BCUT2D eigenvalue weighted by molar-refractivity contribution is 6.01. The number of carbonyl (C=O) groups excluding carboxylic acids is 3. The maximum Gasteiger partial charge on any atom is 0.337 e. The number of esters is 2. The molecule has 0 spiro atoms. The van der Waals surface area contributed by atoms with Crippen molar-refractivity contribution >= 4 is 29.5 Å². The van der Waals surface area contributed by atoms with Crippen LogP contribution < -0.4 is 5.32 Å². The SMILES string of the molecule is COC(=O)c1cc(NC(=O)[C@@H]2[C@@H](C(=O)O)[C@H]3C=C[C@@H]2O3)cc(C(=O)OC)c1. The van der Waals surface area contributed by atoms with Gasteiger partial charge in [-0.15, -0.1) is 0 Å². The summed E-state index contributed by atoms with van der Waals surface area (Å²) in [4.78, 5) is 47.9.